The quantitative estimate of drug-likeness (QED) is 0.475. The molecule has 0 aromatic carbocycles. The third-order valence-electron chi connectivity index (χ3n) is 2.74. The Morgan fingerprint density at radius 2 is 1.94 bits per heavy atom. The molecule has 0 N–H and O–H groups in total. The standard InChI is InChI=1S/C14H22ClNO/c1-2-3-4-5-6-7-11-17-12-13-9-8-10-16-14(13)15/h8-10H,2-7,11-12H2,1H3. The van der Waals surface area contributed by atoms with Crippen LogP contribution in [0, 0.1) is 0 Å². The van der Waals surface area contributed by atoms with Crippen LogP contribution in [0.2, 0.25) is 5.15 Å². The zero-order valence-electron chi connectivity index (χ0n) is 10.6. The third-order valence-corrected chi connectivity index (χ3v) is 3.08. The highest BCUT2D eigenvalue weighted by Crippen LogP contribution is 2.13. The van der Waals surface area contributed by atoms with Gasteiger partial charge in [0.15, 0.2) is 0 Å². The van der Waals surface area contributed by atoms with Gasteiger partial charge in [-0.1, -0.05) is 56.7 Å². The molecule has 1 aromatic rings. The monoisotopic (exact) mass is 255 g/mol. The summed E-state index contributed by atoms with van der Waals surface area (Å²) in [7, 11) is 0. The third kappa shape index (κ3) is 6.64. The van der Waals surface area contributed by atoms with Crippen molar-refractivity contribution >= 4 is 11.6 Å². The van der Waals surface area contributed by atoms with Gasteiger partial charge in [-0.05, 0) is 12.5 Å². The van der Waals surface area contributed by atoms with E-state index >= 15 is 0 Å². The minimum absolute atomic E-state index is 0.551. The maximum Gasteiger partial charge on any atom is 0.134 e. The van der Waals surface area contributed by atoms with Gasteiger partial charge in [0.2, 0.25) is 0 Å². The molecule has 0 amide bonds. The van der Waals surface area contributed by atoms with Crippen molar-refractivity contribution in [3.8, 4) is 0 Å². The zero-order chi connectivity index (χ0) is 12.3. The smallest absolute Gasteiger partial charge is 0.134 e. The Morgan fingerprint density at radius 1 is 1.18 bits per heavy atom. The molecule has 0 spiro atoms. The fraction of sp³-hybridized carbons (Fsp3) is 0.643. The minimum Gasteiger partial charge on any atom is -0.377 e. The highest BCUT2D eigenvalue weighted by Gasteiger charge is 1.99. The Kier molecular flexibility index (Phi) is 8.02. The summed E-state index contributed by atoms with van der Waals surface area (Å²) >= 11 is 5.93. The number of unbranched alkanes of at least 4 members (excludes halogenated alkanes) is 5. The Labute approximate surface area is 109 Å². The molecule has 3 heteroatoms. The van der Waals surface area contributed by atoms with Gasteiger partial charge in [-0.3, -0.25) is 0 Å². The van der Waals surface area contributed by atoms with E-state index in [0.717, 1.165) is 18.6 Å². The van der Waals surface area contributed by atoms with E-state index in [2.05, 4.69) is 11.9 Å². The van der Waals surface area contributed by atoms with Crippen LogP contribution in [0.15, 0.2) is 18.3 Å². The van der Waals surface area contributed by atoms with E-state index in [1.54, 1.807) is 6.20 Å². The number of halogens is 1. The predicted molar refractivity (Wildman–Crippen MR) is 72.3 cm³/mol. The summed E-state index contributed by atoms with van der Waals surface area (Å²) in [6.07, 6.45) is 9.43. The van der Waals surface area contributed by atoms with Gasteiger partial charge in [-0.15, -0.1) is 0 Å². The van der Waals surface area contributed by atoms with E-state index in [9.17, 15) is 0 Å². The lowest BCUT2D eigenvalue weighted by molar-refractivity contribution is 0.116. The zero-order valence-corrected chi connectivity index (χ0v) is 11.4. The summed E-state index contributed by atoms with van der Waals surface area (Å²) < 4.78 is 5.58. The molecule has 0 atom stereocenters. The summed E-state index contributed by atoms with van der Waals surface area (Å²) in [4.78, 5) is 4.01. The average Bonchev–Trinajstić information content (AvgIpc) is 2.35. The van der Waals surface area contributed by atoms with E-state index < -0.39 is 0 Å². The van der Waals surface area contributed by atoms with Gasteiger partial charge in [0.05, 0.1) is 6.61 Å². The van der Waals surface area contributed by atoms with Crippen LogP contribution >= 0.6 is 11.6 Å². The van der Waals surface area contributed by atoms with Gasteiger partial charge in [0.25, 0.3) is 0 Å². The van der Waals surface area contributed by atoms with Gasteiger partial charge < -0.3 is 4.74 Å². The molecule has 0 saturated heterocycles. The Balaban J connectivity index is 1.99. The van der Waals surface area contributed by atoms with Gasteiger partial charge in [0, 0.05) is 18.4 Å². The molecule has 1 aromatic heterocycles. The van der Waals surface area contributed by atoms with Crippen molar-refractivity contribution in [2.45, 2.75) is 52.1 Å². The van der Waals surface area contributed by atoms with Crippen LogP contribution in [0.1, 0.15) is 51.0 Å². The lowest BCUT2D eigenvalue weighted by Crippen LogP contribution is -1.97. The molecular formula is C14H22ClNO. The number of nitrogens with zero attached hydrogens (tertiary/aromatic N) is 1. The van der Waals surface area contributed by atoms with Crippen molar-refractivity contribution in [2.75, 3.05) is 6.61 Å². The Morgan fingerprint density at radius 3 is 2.71 bits per heavy atom. The summed E-state index contributed by atoms with van der Waals surface area (Å²) in [6, 6.07) is 3.84. The molecule has 0 unspecified atom stereocenters. The molecule has 17 heavy (non-hydrogen) atoms. The summed E-state index contributed by atoms with van der Waals surface area (Å²) in [5.74, 6) is 0. The second-order valence-corrected chi connectivity index (χ2v) is 4.63. The van der Waals surface area contributed by atoms with Crippen LogP contribution in [0.25, 0.3) is 0 Å². The van der Waals surface area contributed by atoms with Crippen molar-refractivity contribution in [3.05, 3.63) is 29.0 Å². The number of hydrogen-bond donors (Lipinski definition) is 0. The lowest BCUT2D eigenvalue weighted by Gasteiger charge is -2.05. The molecule has 0 aliphatic rings. The van der Waals surface area contributed by atoms with Gasteiger partial charge >= 0.3 is 0 Å². The first-order valence-electron chi connectivity index (χ1n) is 6.51. The SMILES string of the molecule is CCCCCCCCOCc1cccnc1Cl. The van der Waals surface area contributed by atoms with Crippen LogP contribution < -0.4 is 0 Å². The van der Waals surface area contributed by atoms with Crippen molar-refractivity contribution in [1.82, 2.24) is 4.98 Å². The second kappa shape index (κ2) is 9.43. The van der Waals surface area contributed by atoms with Crippen molar-refractivity contribution < 1.29 is 4.74 Å². The van der Waals surface area contributed by atoms with Crippen LogP contribution in [0.4, 0.5) is 0 Å². The summed E-state index contributed by atoms with van der Waals surface area (Å²) in [6.45, 7) is 3.62. The van der Waals surface area contributed by atoms with Crippen LogP contribution in [-0.2, 0) is 11.3 Å². The van der Waals surface area contributed by atoms with E-state index in [4.69, 9.17) is 16.3 Å². The molecule has 0 fully saturated rings. The number of hydrogen-bond acceptors (Lipinski definition) is 2. The second-order valence-electron chi connectivity index (χ2n) is 4.27. The highest BCUT2D eigenvalue weighted by molar-refractivity contribution is 6.30. The van der Waals surface area contributed by atoms with Gasteiger partial charge in [0.1, 0.15) is 5.15 Å². The summed E-state index contributed by atoms with van der Waals surface area (Å²) in [5, 5.41) is 0.551. The molecule has 0 bridgehead atoms. The first-order valence-corrected chi connectivity index (χ1v) is 6.89. The first-order chi connectivity index (χ1) is 8.34. The maximum absolute atomic E-state index is 5.93. The van der Waals surface area contributed by atoms with Crippen molar-refractivity contribution in [3.63, 3.8) is 0 Å². The predicted octanol–water partition coefficient (Wildman–Crippen LogP) is 4.61. The van der Waals surface area contributed by atoms with Crippen LogP contribution in [-0.4, -0.2) is 11.6 Å². The largest absolute Gasteiger partial charge is 0.377 e. The van der Waals surface area contributed by atoms with Crippen LogP contribution in [0.3, 0.4) is 0 Å². The number of rotatable bonds is 9. The van der Waals surface area contributed by atoms with E-state index in [-0.39, 0.29) is 0 Å². The normalized spacial score (nSPS) is 10.7. The minimum atomic E-state index is 0.551. The fourth-order valence-electron chi connectivity index (χ4n) is 1.69. The topological polar surface area (TPSA) is 22.1 Å². The number of aromatic nitrogens is 1. The molecule has 1 rings (SSSR count). The number of pyridine rings is 1. The number of ether oxygens (including phenoxy) is 1. The Bertz CT molecular complexity index is 304. The molecule has 0 radical (unpaired) electrons. The summed E-state index contributed by atoms with van der Waals surface area (Å²) in [5.41, 5.74) is 0.972. The average molecular weight is 256 g/mol. The first kappa shape index (κ1) is 14.5. The maximum atomic E-state index is 5.93. The molecular weight excluding hydrogens is 234 g/mol. The van der Waals surface area contributed by atoms with E-state index in [1.807, 2.05) is 12.1 Å². The van der Waals surface area contributed by atoms with Crippen molar-refractivity contribution in [1.29, 1.82) is 0 Å². The van der Waals surface area contributed by atoms with Crippen LogP contribution in [0.5, 0.6) is 0 Å². The Hall–Kier alpha value is -0.600. The van der Waals surface area contributed by atoms with Gasteiger partial charge in [-0.25, -0.2) is 4.98 Å². The van der Waals surface area contributed by atoms with E-state index in [1.165, 1.54) is 32.1 Å². The molecule has 2 nitrogen and oxygen atoms in total. The molecule has 0 saturated carbocycles. The van der Waals surface area contributed by atoms with Gasteiger partial charge in [-0.2, -0.15) is 0 Å². The van der Waals surface area contributed by atoms with E-state index in [0.29, 0.717) is 11.8 Å². The molecule has 96 valence electrons. The fourth-order valence-corrected chi connectivity index (χ4v) is 1.87. The highest BCUT2D eigenvalue weighted by atomic mass is 35.5. The van der Waals surface area contributed by atoms with Crippen molar-refractivity contribution in [2.24, 2.45) is 0 Å². The lowest BCUT2D eigenvalue weighted by atomic mass is 10.1. The molecule has 0 aliphatic carbocycles. The molecule has 0 aliphatic heterocycles. The molecule has 1 heterocycles.